The fourth-order valence-electron chi connectivity index (χ4n) is 8.59. The Labute approximate surface area is 245 Å². The van der Waals surface area contributed by atoms with Crippen molar-refractivity contribution in [2.75, 3.05) is 5.73 Å². The molecule has 41 heavy (non-hydrogen) atoms. The maximum Gasteiger partial charge on any atom is 0.0482 e. The topological polar surface area (TPSA) is 26.0 Å². The fourth-order valence-corrected chi connectivity index (χ4v) is 8.59. The molecule has 7 rings (SSSR count). The Morgan fingerprint density at radius 3 is 0.976 bits per heavy atom. The van der Waals surface area contributed by atoms with Gasteiger partial charge in [0.25, 0.3) is 0 Å². The highest BCUT2D eigenvalue weighted by atomic mass is 14.7. The summed E-state index contributed by atoms with van der Waals surface area (Å²) in [5.41, 5.74) is 18.5. The summed E-state index contributed by atoms with van der Waals surface area (Å²) >= 11 is 0. The second kappa shape index (κ2) is 8.95. The first-order chi connectivity index (χ1) is 19.7. The zero-order valence-electron chi connectivity index (χ0n) is 24.6. The normalized spacial score (nSPS) is 18.9. The molecule has 5 aromatic carbocycles. The maximum absolute atomic E-state index is 7.73. The van der Waals surface area contributed by atoms with E-state index in [1.165, 1.54) is 44.5 Å². The molecule has 0 spiro atoms. The number of nitrogen functional groups attached to an aromatic ring is 1. The molecule has 0 saturated carbocycles. The van der Waals surface area contributed by atoms with Gasteiger partial charge in [-0.15, -0.1) is 0 Å². The number of fused-ring (bicyclic) bond motifs is 2. The van der Waals surface area contributed by atoms with Crippen molar-refractivity contribution in [2.24, 2.45) is 0 Å². The van der Waals surface area contributed by atoms with Crippen LogP contribution in [0, 0.1) is 0 Å². The van der Waals surface area contributed by atoms with Crippen LogP contribution in [0.3, 0.4) is 0 Å². The van der Waals surface area contributed by atoms with Gasteiger partial charge in [0.05, 0.1) is 0 Å². The van der Waals surface area contributed by atoms with Gasteiger partial charge in [0.1, 0.15) is 0 Å². The Morgan fingerprint density at radius 2 is 0.707 bits per heavy atom. The first kappa shape index (κ1) is 25.8. The monoisotopic (exact) mass is 533 g/mol. The SMILES string of the molecule is CC1(C)CC(c2ccccc2)(c2ccccc2)c2c1cc1c(c2N)C(c2ccccc2)(c2ccccc2)CC1(C)C. The molecule has 1 nitrogen and oxygen atoms in total. The van der Waals surface area contributed by atoms with Crippen LogP contribution in [0.5, 0.6) is 0 Å². The minimum absolute atomic E-state index is 0.0506. The Kier molecular flexibility index (Phi) is 5.64. The van der Waals surface area contributed by atoms with E-state index in [-0.39, 0.29) is 21.7 Å². The summed E-state index contributed by atoms with van der Waals surface area (Å²) in [7, 11) is 0. The van der Waals surface area contributed by atoms with E-state index < -0.39 is 0 Å². The first-order valence-corrected chi connectivity index (χ1v) is 14.9. The third-order valence-electron chi connectivity index (χ3n) is 10.2. The first-order valence-electron chi connectivity index (χ1n) is 14.9. The molecular formula is C40H39N. The predicted molar refractivity (Wildman–Crippen MR) is 172 cm³/mol. The van der Waals surface area contributed by atoms with E-state index in [0.717, 1.165) is 18.5 Å². The van der Waals surface area contributed by atoms with Gasteiger partial charge in [-0.1, -0.05) is 155 Å². The predicted octanol–water partition coefficient (Wildman–Crippen LogP) is 9.30. The fraction of sp³-hybridized carbons (Fsp3) is 0.250. The van der Waals surface area contributed by atoms with E-state index in [4.69, 9.17) is 5.73 Å². The van der Waals surface area contributed by atoms with Crippen molar-refractivity contribution in [3.63, 3.8) is 0 Å². The third-order valence-corrected chi connectivity index (χ3v) is 10.2. The summed E-state index contributed by atoms with van der Waals surface area (Å²) < 4.78 is 0. The highest BCUT2D eigenvalue weighted by Crippen LogP contribution is 2.65. The number of rotatable bonds is 4. The van der Waals surface area contributed by atoms with Crippen molar-refractivity contribution in [1.82, 2.24) is 0 Å². The van der Waals surface area contributed by atoms with Crippen LogP contribution in [0.2, 0.25) is 0 Å². The van der Waals surface area contributed by atoms with Gasteiger partial charge in [-0.2, -0.15) is 0 Å². The highest BCUT2D eigenvalue weighted by molar-refractivity contribution is 5.78. The van der Waals surface area contributed by atoms with E-state index in [2.05, 4.69) is 155 Å². The molecule has 0 bridgehead atoms. The summed E-state index contributed by atoms with van der Waals surface area (Å²) in [6, 6.07) is 46.9. The summed E-state index contributed by atoms with van der Waals surface area (Å²) in [5, 5.41) is 0. The molecule has 0 saturated heterocycles. The van der Waals surface area contributed by atoms with Gasteiger partial charge in [0.2, 0.25) is 0 Å². The highest BCUT2D eigenvalue weighted by Gasteiger charge is 2.57. The number of hydrogen-bond acceptors (Lipinski definition) is 1. The van der Waals surface area contributed by atoms with Crippen molar-refractivity contribution < 1.29 is 0 Å². The molecule has 2 N–H and O–H groups in total. The van der Waals surface area contributed by atoms with Crippen LogP contribution < -0.4 is 5.73 Å². The largest absolute Gasteiger partial charge is 0.398 e. The molecule has 0 atom stereocenters. The average molecular weight is 534 g/mol. The van der Waals surface area contributed by atoms with E-state index in [0.29, 0.717) is 0 Å². The van der Waals surface area contributed by atoms with Crippen molar-refractivity contribution in [1.29, 1.82) is 0 Å². The Bertz CT molecular complexity index is 1510. The number of nitrogens with two attached hydrogens (primary N) is 1. The van der Waals surface area contributed by atoms with Crippen molar-refractivity contribution >= 4 is 5.69 Å². The lowest BCUT2D eigenvalue weighted by Gasteiger charge is -2.37. The minimum atomic E-state index is -0.341. The second-order valence-corrected chi connectivity index (χ2v) is 13.5. The molecule has 0 radical (unpaired) electrons. The molecule has 0 fully saturated rings. The summed E-state index contributed by atoms with van der Waals surface area (Å²) in [4.78, 5) is 0. The summed E-state index contributed by atoms with van der Waals surface area (Å²) in [5.74, 6) is 0. The third kappa shape index (κ3) is 3.54. The van der Waals surface area contributed by atoms with Crippen LogP contribution in [0.4, 0.5) is 5.69 Å². The standard InChI is InChI=1S/C40H39N/c1-37(2)26-39(28-17-9-5-10-18-28,29-19-11-6-12-20-29)34-32(37)25-33-35(36(34)41)40(27-38(33,3)4,30-21-13-7-14-22-30)31-23-15-8-16-24-31/h5-25H,26-27,41H2,1-4H3. The van der Waals surface area contributed by atoms with Gasteiger partial charge in [0.15, 0.2) is 0 Å². The number of benzene rings is 5. The van der Waals surface area contributed by atoms with Gasteiger partial charge >= 0.3 is 0 Å². The molecule has 5 aromatic rings. The molecule has 0 aliphatic heterocycles. The maximum atomic E-state index is 7.73. The van der Waals surface area contributed by atoms with Gasteiger partial charge in [-0.3, -0.25) is 0 Å². The van der Waals surface area contributed by atoms with Gasteiger partial charge in [-0.05, 0) is 68.2 Å². The minimum Gasteiger partial charge on any atom is -0.398 e. The van der Waals surface area contributed by atoms with Crippen LogP contribution in [-0.2, 0) is 21.7 Å². The smallest absolute Gasteiger partial charge is 0.0482 e. The number of hydrogen-bond donors (Lipinski definition) is 1. The van der Waals surface area contributed by atoms with Crippen LogP contribution in [0.15, 0.2) is 127 Å². The molecule has 0 unspecified atom stereocenters. The summed E-state index contributed by atoms with van der Waals surface area (Å²) in [6.45, 7) is 9.65. The van der Waals surface area contributed by atoms with E-state index >= 15 is 0 Å². The molecule has 2 aliphatic carbocycles. The van der Waals surface area contributed by atoms with Crippen LogP contribution in [-0.4, -0.2) is 0 Å². The molecule has 0 aromatic heterocycles. The lowest BCUT2D eigenvalue weighted by atomic mass is 9.65. The molecular weight excluding hydrogens is 494 g/mol. The Balaban J connectivity index is 1.65. The Morgan fingerprint density at radius 1 is 0.439 bits per heavy atom. The van der Waals surface area contributed by atoms with Crippen LogP contribution >= 0.6 is 0 Å². The lowest BCUT2D eigenvalue weighted by molar-refractivity contribution is 0.436. The molecule has 0 amide bonds. The van der Waals surface area contributed by atoms with Crippen LogP contribution in [0.25, 0.3) is 0 Å². The van der Waals surface area contributed by atoms with Gasteiger partial charge < -0.3 is 5.73 Å². The molecule has 204 valence electrons. The summed E-state index contributed by atoms with van der Waals surface area (Å²) in [6.07, 6.45) is 1.95. The van der Waals surface area contributed by atoms with E-state index in [1.54, 1.807) is 0 Å². The lowest BCUT2D eigenvalue weighted by Crippen LogP contribution is -2.32. The van der Waals surface area contributed by atoms with E-state index in [1.807, 2.05) is 0 Å². The average Bonchev–Trinajstić information content (AvgIpc) is 3.41. The van der Waals surface area contributed by atoms with Crippen molar-refractivity contribution in [3.8, 4) is 0 Å². The number of anilines is 1. The van der Waals surface area contributed by atoms with Crippen LogP contribution in [0.1, 0.15) is 85.0 Å². The molecule has 2 aliphatic rings. The van der Waals surface area contributed by atoms with Gasteiger partial charge in [0, 0.05) is 16.5 Å². The van der Waals surface area contributed by atoms with E-state index in [9.17, 15) is 0 Å². The van der Waals surface area contributed by atoms with Crippen molar-refractivity contribution in [2.45, 2.75) is 62.2 Å². The zero-order chi connectivity index (χ0) is 28.5. The molecule has 0 heterocycles. The zero-order valence-corrected chi connectivity index (χ0v) is 24.6. The van der Waals surface area contributed by atoms with Crippen molar-refractivity contribution in [3.05, 3.63) is 172 Å². The van der Waals surface area contributed by atoms with Gasteiger partial charge in [-0.25, -0.2) is 0 Å². The molecule has 1 heteroatoms. The Hall–Kier alpha value is -4.10. The quantitative estimate of drug-likeness (QED) is 0.229. The second-order valence-electron chi connectivity index (χ2n) is 13.5.